The van der Waals surface area contributed by atoms with Gasteiger partial charge in [0.1, 0.15) is 0 Å². The van der Waals surface area contributed by atoms with Crippen molar-refractivity contribution in [3.63, 3.8) is 0 Å². The van der Waals surface area contributed by atoms with Crippen LogP contribution in [0.1, 0.15) is 17.0 Å². The van der Waals surface area contributed by atoms with E-state index in [4.69, 9.17) is 11.6 Å². The number of hydrogen-bond acceptors (Lipinski definition) is 3. The highest BCUT2D eigenvalue weighted by atomic mass is 35.5. The predicted octanol–water partition coefficient (Wildman–Crippen LogP) is 4.28. The number of amides is 1. The van der Waals surface area contributed by atoms with Crippen LogP contribution in [-0.4, -0.2) is 34.6 Å². The third-order valence-electron chi connectivity index (χ3n) is 4.05. The topological polar surface area (TPSA) is 37.6 Å². The van der Waals surface area contributed by atoms with Crippen molar-refractivity contribution >= 4 is 40.5 Å². The third-order valence-corrected chi connectivity index (χ3v) is 5.52. The normalized spacial score (nSPS) is 18.2. The van der Waals surface area contributed by atoms with E-state index in [1.54, 1.807) is 19.0 Å². The van der Waals surface area contributed by atoms with E-state index in [0.29, 0.717) is 15.1 Å². The summed E-state index contributed by atoms with van der Waals surface area (Å²) in [6, 6.07) is 9.82. The fraction of sp³-hybridized carbons (Fsp3) is 0.222. The molecule has 4 nitrogen and oxygen atoms in total. The standard InChI is InChI=1S/C18H18ClN3OS/c1-11-9-13(10-16-17(23)21(4)18(20-3)24-16)12(2)22(11)15-8-6-5-7-14(15)19/h5-10H,1-4H3/b16-10-,20-18?. The van der Waals surface area contributed by atoms with Crippen LogP contribution in [0.15, 0.2) is 40.2 Å². The van der Waals surface area contributed by atoms with Gasteiger partial charge in [-0.2, -0.15) is 0 Å². The molecule has 0 saturated carbocycles. The van der Waals surface area contributed by atoms with Gasteiger partial charge in [-0.1, -0.05) is 23.7 Å². The molecule has 0 N–H and O–H groups in total. The summed E-state index contributed by atoms with van der Waals surface area (Å²) < 4.78 is 2.11. The third kappa shape index (κ3) is 2.78. The molecular weight excluding hydrogens is 342 g/mol. The lowest BCUT2D eigenvalue weighted by Crippen LogP contribution is -2.23. The Morgan fingerprint density at radius 3 is 2.58 bits per heavy atom. The van der Waals surface area contributed by atoms with Crippen molar-refractivity contribution in [2.24, 2.45) is 4.99 Å². The molecule has 2 heterocycles. The van der Waals surface area contributed by atoms with Gasteiger partial charge in [0.15, 0.2) is 5.17 Å². The molecule has 2 aromatic rings. The number of carbonyl (C=O) groups excluding carboxylic acids is 1. The highest BCUT2D eigenvalue weighted by molar-refractivity contribution is 8.18. The summed E-state index contributed by atoms with van der Waals surface area (Å²) in [7, 11) is 3.43. The summed E-state index contributed by atoms with van der Waals surface area (Å²) in [5.74, 6) is -0.0249. The Hall–Kier alpha value is -1.98. The number of carbonyl (C=O) groups is 1. The first-order valence-electron chi connectivity index (χ1n) is 7.52. The van der Waals surface area contributed by atoms with Crippen molar-refractivity contribution in [2.45, 2.75) is 13.8 Å². The predicted molar refractivity (Wildman–Crippen MR) is 102 cm³/mol. The average Bonchev–Trinajstić information content (AvgIpc) is 2.99. The molecule has 6 heteroatoms. The summed E-state index contributed by atoms with van der Waals surface area (Å²) in [5.41, 5.74) is 4.07. The van der Waals surface area contributed by atoms with Crippen LogP contribution in [0.3, 0.4) is 0 Å². The molecule has 1 fully saturated rings. The Morgan fingerprint density at radius 2 is 1.96 bits per heavy atom. The number of thioether (sulfide) groups is 1. The summed E-state index contributed by atoms with van der Waals surface area (Å²) in [5, 5.41) is 1.41. The molecule has 1 aromatic heterocycles. The first-order valence-corrected chi connectivity index (χ1v) is 8.71. The number of aliphatic imine (C=N–C) groups is 1. The van der Waals surface area contributed by atoms with Crippen LogP contribution in [0.5, 0.6) is 0 Å². The van der Waals surface area contributed by atoms with Gasteiger partial charge >= 0.3 is 0 Å². The number of para-hydroxylation sites is 1. The second-order valence-corrected chi connectivity index (χ2v) is 7.01. The van der Waals surface area contributed by atoms with Crippen LogP contribution >= 0.6 is 23.4 Å². The number of aryl methyl sites for hydroxylation is 1. The minimum absolute atomic E-state index is 0.0249. The fourth-order valence-corrected chi connectivity index (χ4v) is 3.97. The molecular formula is C18H18ClN3OS. The summed E-state index contributed by atoms with van der Waals surface area (Å²) in [6.45, 7) is 4.07. The minimum atomic E-state index is -0.0249. The number of rotatable bonds is 2. The highest BCUT2D eigenvalue weighted by Gasteiger charge is 2.30. The maximum Gasteiger partial charge on any atom is 0.266 e. The van der Waals surface area contributed by atoms with Crippen LogP contribution in [0, 0.1) is 13.8 Å². The largest absolute Gasteiger partial charge is 0.316 e. The number of halogens is 1. The van der Waals surface area contributed by atoms with Gasteiger partial charge in [0.2, 0.25) is 0 Å². The van der Waals surface area contributed by atoms with Crippen LogP contribution < -0.4 is 0 Å². The lowest BCUT2D eigenvalue weighted by molar-refractivity contribution is -0.121. The number of aromatic nitrogens is 1. The zero-order valence-corrected chi connectivity index (χ0v) is 15.6. The molecule has 0 aliphatic carbocycles. The van der Waals surface area contributed by atoms with Crippen molar-refractivity contribution in [3.05, 3.63) is 57.2 Å². The van der Waals surface area contributed by atoms with Crippen LogP contribution in [0.2, 0.25) is 5.02 Å². The lowest BCUT2D eigenvalue weighted by Gasteiger charge is -2.11. The molecule has 1 aromatic carbocycles. The van der Waals surface area contributed by atoms with Gasteiger partial charge in [0.05, 0.1) is 15.6 Å². The number of amidine groups is 1. The quantitative estimate of drug-likeness (QED) is 0.750. The van der Waals surface area contributed by atoms with Crippen molar-refractivity contribution < 1.29 is 4.79 Å². The highest BCUT2D eigenvalue weighted by Crippen LogP contribution is 2.33. The van der Waals surface area contributed by atoms with Gasteiger partial charge in [-0.3, -0.25) is 14.7 Å². The molecule has 0 unspecified atom stereocenters. The van der Waals surface area contributed by atoms with Gasteiger partial charge in [0.25, 0.3) is 5.91 Å². The fourth-order valence-electron chi connectivity index (χ4n) is 2.83. The van der Waals surface area contributed by atoms with Gasteiger partial charge in [0, 0.05) is 25.5 Å². The number of likely N-dealkylation sites (N-methyl/N-ethyl adjacent to an activating group) is 1. The molecule has 1 saturated heterocycles. The van der Waals surface area contributed by atoms with Gasteiger partial charge in [-0.15, -0.1) is 0 Å². The zero-order valence-electron chi connectivity index (χ0n) is 14.0. The van der Waals surface area contributed by atoms with Gasteiger partial charge in [-0.05, 0) is 55.4 Å². The van der Waals surface area contributed by atoms with E-state index < -0.39 is 0 Å². The Morgan fingerprint density at radius 1 is 1.25 bits per heavy atom. The molecule has 1 aliphatic heterocycles. The summed E-state index contributed by atoms with van der Waals surface area (Å²) >= 11 is 7.74. The van der Waals surface area contributed by atoms with Crippen LogP contribution in [0.4, 0.5) is 0 Å². The van der Waals surface area contributed by atoms with E-state index in [1.165, 1.54) is 11.8 Å². The minimum Gasteiger partial charge on any atom is -0.316 e. The van der Waals surface area contributed by atoms with E-state index in [9.17, 15) is 4.79 Å². The lowest BCUT2D eigenvalue weighted by atomic mass is 10.2. The summed E-state index contributed by atoms with van der Waals surface area (Å²) in [6.07, 6.45) is 1.93. The Kier molecular flexibility index (Phi) is 4.56. The molecule has 1 aliphatic rings. The molecule has 0 atom stereocenters. The number of nitrogens with zero attached hydrogens (tertiary/aromatic N) is 3. The average molecular weight is 360 g/mol. The molecule has 0 spiro atoms. The molecule has 0 radical (unpaired) electrons. The van der Waals surface area contributed by atoms with Gasteiger partial charge in [-0.25, -0.2) is 0 Å². The molecule has 124 valence electrons. The molecule has 3 rings (SSSR count). The van der Waals surface area contributed by atoms with E-state index >= 15 is 0 Å². The second-order valence-electron chi connectivity index (χ2n) is 5.59. The van der Waals surface area contributed by atoms with Crippen molar-refractivity contribution in [2.75, 3.05) is 14.1 Å². The molecule has 1 amide bonds. The SMILES string of the molecule is CN=C1S/C(=C\c2cc(C)n(-c3ccccc3Cl)c2C)C(=O)N1C. The van der Waals surface area contributed by atoms with E-state index in [1.807, 2.05) is 44.2 Å². The smallest absolute Gasteiger partial charge is 0.266 e. The second kappa shape index (κ2) is 6.49. The van der Waals surface area contributed by atoms with E-state index in [0.717, 1.165) is 22.6 Å². The monoisotopic (exact) mass is 359 g/mol. The summed E-state index contributed by atoms with van der Waals surface area (Å²) in [4.78, 5) is 18.7. The van der Waals surface area contributed by atoms with E-state index in [2.05, 4.69) is 15.6 Å². The van der Waals surface area contributed by atoms with Crippen molar-refractivity contribution in [3.8, 4) is 5.69 Å². The molecule has 24 heavy (non-hydrogen) atoms. The molecule has 0 bridgehead atoms. The van der Waals surface area contributed by atoms with Gasteiger partial charge < -0.3 is 4.57 Å². The Bertz CT molecular complexity index is 882. The maximum atomic E-state index is 12.3. The van der Waals surface area contributed by atoms with E-state index in [-0.39, 0.29) is 5.91 Å². The maximum absolute atomic E-state index is 12.3. The van der Waals surface area contributed by atoms with Crippen molar-refractivity contribution in [1.82, 2.24) is 9.47 Å². The number of benzene rings is 1. The van der Waals surface area contributed by atoms with Crippen LogP contribution in [0.25, 0.3) is 11.8 Å². The zero-order chi connectivity index (χ0) is 17.4. The first kappa shape index (κ1) is 16.9. The Labute approximate surface area is 150 Å². The van der Waals surface area contributed by atoms with Crippen LogP contribution in [-0.2, 0) is 4.79 Å². The number of hydrogen-bond donors (Lipinski definition) is 0. The van der Waals surface area contributed by atoms with Crippen molar-refractivity contribution in [1.29, 1.82) is 0 Å². The first-order chi connectivity index (χ1) is 11.4. The Balaban J connectivity index is 2.07.